The van der Waals surface area contributed by atoms with Gasteiger partial charge >= 0.3 is 0 Å². The summed E-state index contributed by atoms with van der Waals surface area (Å²) in [5, 5.41) is 4.58. The smallest absolute Gasteiger partial charge is 0.257 e. The Hall–Kier alpha value is -2.26. The molecular formula is C16H13ClN2O. The van der Waals surface area contributed by atoms with E-state index in [-0.39, 0.29) is 5.91 Å². The van der Waals surface area contributed by atoms with Crippen LogP contribution in [-0.4, -0.2) is 10.5 Å². The van der Waals surface area contributed by atoms with Crippen LogP contribution in [0.3, 0.4) is 0 Å². The molecule has 0 aliphatic heterocycles. The summed E-state index contributed by atoms with van der Waals surface area (Å²) in [7, 11) is 1.93. The molecular weight excluding hydrogens is 272 g/mol. The first-order valence-electron chi connectivity index (χ1n) is 6.26. The molecule has 1 heterocycles. The molecule has 2 aromatic carbocycles. The summed E-state index contributed by atoms with van der Waals surface area (Å²) in [5.41, 5.74) is 2.31. The lowest BCUT2D eigenvalue weighted by Gasteiger charge is -2.08. The predicted molar refractivity (Wildman–Crippen MR) is 82.3 cm³/mol. The lowest BCUT2D eigenvalue weighted by Crippen LogP contribution is -2.13. The highest BCUT2D eigenvalue weighted by molar-refractivity contribution is 6.30. The fourth-order valence-electron chi connectivity index (χ4n) is 2.27. The Labute approximate surface area is 121 Å². The van der Waals surface area contributed by atoms with Crippen molar-refractivity contribution in [1.29, 1.82) is 0 Å². The van der Waals surface area contributed by atoms with E-state index in [2.05, 4.69) is 5.32 Å². The molecule has 1 N–H and O–H groups in total. The first kappa shape index (κ1) is 12.8. The van der Waals surface area contributed by atoms with Crippen LogP contribution >= 0.6 is 11.6 Å². The monoisotopic (exact) mass is 284 g/mol. The summed E-state index contributed by atoms with van der Waals surface area (Å²) in [6.07, 6.45) is 1.95. The van der Waals surface area contributed by atoms with Crippen molar-refractivity contribution in [3.8, 4) is 0 Å². The number of para-hydroxylation sites is 1. The van der Waals surface area contributed by atoms with Gasteiger partial charge in [-0.2, -0.15) is 0 Å². The number of nitrogens with one attached hydrogen (secondary N) is 1. The largest absolute Gasteiger partial charge is 0.350 e. The molecule has 20 heavy (non-hydrogen) atoms. The summed E-state index contributed by atoms with van der Waals surface area (Å²) in [5.74, 6) is -0.125. The van der Waals surface area contributed by atoms with Crippen LogP contribution in [0.25, 0.3) is 10.9 Å². The van der Waals surface area contributed by atoms with E-state index in [0.717, 1.165) is 16.6 Å². The number of benzene rings is 2. The van der Waals surface area contributed by atoms with E-state index in [1.807, 2.05) is 42.1 Å². The summed E-state index contributed by atoms with van der Waals surface area (Å²) in [6.45, 7) is 0. The highest BCUT2D eigenvalue weighted by Gasteiger charge is 2.12. The molecule has 0 aliphatic carbocycles. The van der Waals surface area contributed by atoms with Crippen molar-refractivity contribution in [2.24, 2.45) is 7.05 Å². The number of amides is 1. The van der Waals surface area contributed by atoms with Crippen LogP contribution in [-0.2, 0) is 7.05 Å². The fraction of sp³-hybridized carbons (Fsp3) is 0.0625. The number of rotatable bonds is 2. The van der Waals surface area contributed by atoms with Gasteiger partial charge < -0.3 is 9.88 Å². The molecule has 3 nitrogen and oxygen atoms in total. The van der Waals surface area contributed by atoms with E-state index >= 15 is 0 Å². The Kier molecular flexibility index (Phi) is 3.20. The molecule has 1 aromatic heterocycles. The normalized spacial score (nSPS) is 10.7. The van der Waals surface area contributed by atoms with E-state index in [9.17, 15) is 4.79 Å². The van der Waals surface area contributed by atoms with E-state index in [0.29, 0.717) is 10.6 Å². The zero-order valence-electron chi connectivity index (χ0n) is 10.9. The first-order valence-corrected chi connectivity index (χ1v) is 6.64. The van der Waals surface area contributed by atoms with Crippen LogP contribution in [0.5, 0.6) is 0 Å². The average molecular weight is 285 g/mol. The number of halogens is 1. The number of hydrogen-bond donors (Lipinski definition) is 1. The predicted octanol–water partition coefficient (Wildman–Crippen LogP) is 4.08. The molecule has 0 spiro atoms. The van der Waals surface area contributed by atoms with Crippen LogP contribution in [0.15, 0.2) is 54.7 Å². The molecule has 3 aromatic rings. The number of fused-ring (bicyclic) bond motifs is 1. The minimum atomic E-state index is -0.125. The molecule has 0 radical (unpaired) electrons. The summed E-state index contributed by atoms with van der Waals surface area (Å²) >= 11 is 5.83. The van der Waals surface area contributed by atoms with Gasteiger partial charge in [0.05, 0.1) is 11.1 Å². The van der Waals surface area contributed by atoms with Crippen LogP contribution in [0.1, 0.15) is 10.4 Å². The molecule has 0 saturated heterocycles. The van der Waals surface area contributed by atoms with Crippen LogP contribution in [0.4, 0.5) is 5.69 Å². The highest BCUT2D eigenvalue weighted by Crippen LogP contribution is 2.21. The summed E-state index contributed by atoms with van der Waals surface area (Å²) < 4.78 is 1.95. The average Bonchev–Trinajstić information content (AvgIpc) is 2.83. The minimum absolute atomic E-state index is 0.125. The quantitative estimate of drug-likeness (QED) is 0.756. The number of anilines is 1. The van der Waals surface area contributed by atoms with Gasteiger partial charge in [0.15, 0.2) is 0 Å². The van der Waals surface area contributed by atoms with Gasteiger partial charge in [0.2, 0.25) is 0 Å². The molecule has 0 saturated carbocycles. The third-order valence-electron chi connectivity index (χ3n) is 3.24. The molecule has 0 atom stereocenters. The van der Waals surface area contributed by atoms with Crippen molar-refractivity contribution in [2.75, 3.05) is 5.32 Å². The standard InChI is InChI=1S/C16H13ClN2O/c1-19-10-9-11-3-2-4-14(15(11)19)16(20)18-13-7-5-12(17)6-8-13/h2-10H,1H3,(H,18,20). The van der Waals surface area contributed by atoms with Gasteiger partial charge in [-0.3, -0.25) is 4.79 Å². The van der Waals surface area contributed by atoms with E-state index < -0.39 is 0 Å². The Balaban J connectivity index is 1.96. The van der Waals surface area contributed by atoms with Gasteiger partial charge in [-0.1, -0.05) is 23.7 Å². The Morgan fingerprint density at radius 2 is 1.85 bits per heavy atom. The van der Waals surface area contributed by atoms with Crippen molar-refractivity contribution in [3.05, 3.63) is 65.3 Å². The molecule has 100 valence electrons. The van der Waals surface area contributed by atoms with Crippen molar-refractivity contribution in [2.45, 2.75) is 0 Å². The molecule has 1 amide bonds. The number of carbonyl (C=O) groups excluding carboxylic acids is 1. The van der Waals surface area contributed by atoms with Crippen molar-refractivity contribution >= 4 is 34.1 Å². The zero-order valence-corrected chi connectivity index (χ0v) is 11.7. The van der Waals surface area contributed by atoms with Crippen molar-refractivity contribution in [3.63, 3.8) is 0 Å². The minimum Gasteiger partial charge on any atom is -0.350 e. The number of hydrogen-bond acceptors (Lipinski definition) is 1. The SMILES string of the molecule is Cn1ccc2cccc(C(=O)Nc3ccc(Cl)cc3)c21. The third kappa shape index (κ3) is 2.28. The molecule has 0 unspecified atom stereocenters. The molecule has 0 aliphatic rings. The Morgan fingerprint density at radius 3 is 2.60 bits per heavy atom. The van der Waals surface area contributed by atoms with Gasteiger partial charge in [0, 0.05) is 29.3 Å². The van der Waals surface area contributed by atoms with Gasteiger partial charge in [-0.25, -0.2) is 0 Å². The number of aryl methyl sites for hydroxylation is 1. The number of carbonyl (C=O) groups is 1. The number of aromatic nitrogens is 1. The van der Waals surface area contributed by atoms with E-state index in [1.54, 1.807) is 24.3 Å². The maximum absolute atomic E-state index is 12.4. The van der Waals surface area contributed by atoms with Crippen LogP contribution in [0, 0.1) is 0 Å². The van der Waals surface area contributed by atoms with Gasteiger partial charge in [-0.05, 0) is 36.4 Å². The fourth-order valence-corrected chi connectivity index (χ4v) is 2.40. The Morgan fingerprint density at radius 1 is 1.10 bits per heavy atom. The van der Waals surface area contributed by atoms with E-state index in [4.69, 9.17) is 11.6 Å². The Bertz CT molecular complexity index is 775. The second-order valence-corrected chi connectivity index (χ2v) is 5.07. The highest BCUT2D eigenvalue weighted by atomic mass is 35.5. The van der Waals surface area contributed by atoms with Crippen molar-refractivity contribution < 1.29 is 4.79 Å². The second-order valence-electron chi connectivity index (χ2n) is 4.63. The van der Waals surface area contributed by atoms with Gasteiger partial charge in [0.25, 0.3) is 5.91 Å². The maximum Gasteiger partial charge on any atom is 0.257 e. The maximum atomic E-state index is 12.4. The first-order chi connectivity index (χ1) is 9.65. The zero-order chi connectivity index (χ0) is 14.1. The van der Waals surface area contributed by atoms with Gasteiger partial charge in [0.1, 0.15) is 0 Å². The molecule has 4 heteroatoms. The lowest BCUT2D eigenvalue weighted by molar-refractivity contribution is 0.102. The molecule has 3 rings (SSSR count). The summed E-state index contributed by atoms with van der Waals surface area (Å²) in [6, 6.07) is 14.8. The van der Waals surface area contributed by atoms with Crippen molar-refractivity contribution in [1.82, 2.24) is 4.57 Å². The summed E-state index contributed by atoms with van der Waals surface area (Å²) in [4.78, 5) is 12.4. The van der Waals surface area contributed by atoms with Gasteiger partial charge in [-0.15, -0.1) is 0 Å². The number of nitrogens with zero attached hydrogens (tertiary/aromatic N) is 1. The lowest BCUT2D eigenvalue weighted by atomic mass is 10.1. The third-order valence-corrected chi connectivity index (χ3v) is 3.50. The van der Waals surface area contributed by atoms with E-state index in [1.165, 1.54) is 0 Å². The molecule has 0 fully saturated rings. The van der Waals surface area contributed by atoms with Crippen LogP contribution in [0.2, 0.25) is 5.02 Å². The second kappa shape index (κ2) is 5.02. The van der Waals surface area contributed by atoms with Crippen LogP contribution < -0.4 is 5.32 Å². The topological polar surface area (TPSA) is 34.0 Å². The molecule has 0 bridgehead atoms.